The van der Waals surface area contributed by atoms with Crippen LogP contribution in [0.5, 0.6) is 0 Å². The molecule has 0 spiro atoms. The van der Waals surface area contributed by atoms with E-state index in [9.17, 15) is 4.79 Å². The summed E-state index contributed by atoms with van der Waals surface area (Å²) in [5.41, 5.74) is 1.12. The summed E-state index contributed by atoms with van der Waals surface area (Å²) in [6, 6.07) is 1.86. The number of carbonyl (C=O) groups is 1. The number of halogens is 1. The van der Waals surface area contributed by atoms with E-state index in [0.29, 0.717) is 11.1 Å². The maximum absolute atomic E-state index is 11.4. The van der Waals surface area contributed by atoms with Crippen LogP contribution in [0.1, 0.15) is 31.2 Å². The molecule has 1 aromatic heterocycles. The van der Waals surface area contributed by atoms with E-state index in [2.05, 4.69) is 10.2 Å². The van der Waals surface area contributed by atoms with Gasteiger partial charge in [-0.05, 0) is 49.7 Å². The van der Waals surface area contributed by atoms with E-state index < -0.39 is 0 Å². The maximum Gasteiger partial charge on any atom is 0.308 e. The van der Waals surface area contributed by atoms with Crippen LogP contribution in [0.4, 0.5) is 0 Å². The Morgan fingerprint density at radius 3 is 2.78 bits per heavy atom. The second-order valence-electron chi connectivity index (χ2n) is 4.83. The Kier molecular flexibility index (Phi) is 4.53. The third-order valence-corrected chi connectivity index (χ3v) is 3.77. The number of hydrogen-bond donors (Lipinski definition) is 0. The Morgan fingerprint density at radius 2 is 2.17 bits per heavy atom. The lowest BCUT2D eigenvalue weighted by Crippen LogP contribution is -2.23. The van der Waals surface area contributed by atoms with Crippen LogP contribution in [0.3, 0.4) is 0 Å². The van der Waals surface area contributed by atoms with E-state index in [1.54, 1.807) is 6.20 Å². The van der Waals surface area contributed by atoms with Gasteiger partial charge in [-0.15, -0.1) is 5.10 Å². The van der Waals surface area contributed by atoms with Gasteiger partial charge in [0.05, 0.1) is 19.2 Å². The smallest absolute Gasteiger partial charge is 0.308 e. The fourth-order valence-corrected chi connectivity index (χ4v) is 2.77. The molecule has 0 saturated heterocycles. The standard InChI is InChI=1S/C13H17ClN2O2/c1-18-13(17)11-4-2-9(3-5-11)6-10-7-12(14)16-15-8-10/h7-9,11H,2-6H2,1H3/t9-,11-. The molecule has 18 heavy (non-hydrogen) atoms. The largest absolute Gasteiger partial charge is 0.469 e. The highest BCUT2D eigenvalue weighted by Crippen LogP contribution is 2.31. The van der Waals surface area contributed by atoms with Crippen LogP contribution in [-0.2, 0) is 16.0 Å². The zero-order chi connectivity index (χ0) is 13.0. The summed E-state index contributed by atoms with van der Waals surface area (Å²) >= 11 is 5.81. The Morgan fingerprint density at radius 1 is 1.44 bits per heavy atom. The van der Waals surface area contributed by atoms with Gasteiger partial charge in [-0.3, -0.25) is 4.79 Å². The summed E-state index contributed by atoms with van der Waals surface area (Å²) in [6.45, 7) is 0. The predicted octanol–water partition coefficient (Wildman–Crippen LogP) is 2.65. The Bertz CT molecular complexity index is 417. The molecule has 1 fully saturated rings. The van der Waals surface area contributed by atoms with Crippen LogP contribution in [0, 0.1) is 11.8 Å². The molecule has 0 radical (unpaired) electrons. The zero-order valence-electron chi connectivity index (χ0n) is 10.4. The first-order valence-electron chi connectivity index (χ1n) is 6.24. The third-order valence-electron chi connectivity index (χ3n) is 3.59. The van der Waals surface area contributed by atoms with Crippen LogP contribution in [0.25, 0.3) is 0 Å². The van der Waals surface area contributed by atoms with Crippen LogP contribution in [0.2, 0.25) is 5.15 Å². The molecule has 0 unspecified atom stereocenters. The highest BCUT2D eigenvalue weighted by Gasteiger charge is 2.26. The molecule has 0 amide bonds. The van der Waals surface area contributed by atoms with Crippen LogP contribution < -0.4 is 0 Å². The van der Waals surface area contributed by atoms with Gasteiger partial charge in [0.25, 0.3) is 0 Å². The molecule has 0 atom stereocenters. The van der Waals surface area contributed by atoms with Crippen LogP contribution in [0.15, 0.2) is 12.3 Å². The normalized spacial score (nSPS) is 23.7. The van der Waals surface area contributed by atoms with Gasteiger partial charge in [-0.25, -0.2) is 0 Å². The molecule has 0 bridgehead atoms. The Balaban J connectivity index is 1.85. The Hall–Kier alpha value is -1.16. The first-order chi connectivity index (χ1) is 8.69. The van der Waals surface area contributed by atoms with Crippen LogP contribution in [-0.4, -0.2) is 23.3 Å². The van der Waals surface area contributed by atoms with Gasteiger partial charge < -0.3 is 4.74 Å². The summed E-state index contributed by atoms with van der Waals surface area (Å²) in [7, 11) is 1.46. The minimum Gasteiger partial charge on any atom is -0.469 e. The van der Waals surface area contributed by atoms with Crippen molar-refractivity contribution in [2.24, 2.45) is 11.8 Å². The number of ether oxygens (including phenoxy) is 1. The van der Waals surface area contributed by atoms with E-state index in [1.165, 1.54) is 7.11 Å². The third kappa shape index (κ3) is 3.42. The van der Waals surface area contributed by atoms with Crippen molar-refractivity contribution in [1.29, 1.82) is 0 Å². The lowest BCUT2D eigenvalue weighted by atomic mass is 9.79. The number of methoxy groups -OCH3 is 1. The quantitative estimate of drug-likeness (QED) is 0.791. The summed E-state index contributed by atoms with van der Waals surface area (Å²) in [4.78, 5) is 11.4. The molecule has 1 aliphatic rings. The van der Waals surface area contributed by atoms with Crippen molar-refractivity contribution in [2.75, 3.05) is 7.11 Å². The van der Waals surface area contributed by atoms with Gasteiger partial charge in [0.15, 0.2) is 5.15 Å². The number of esters is 1. The monoisotopic (exact) mass is 268 g/mol. The second-order valence-corrected chi connectivity index (χ2v) is 5.22. The summed E-state index contributed by atoms with van der Waals surface area (Å²) in [6.07, 6.45) is 6.67. The molecule has 1 aromatic rings. The lowest BCUT2D eigenvalue weighted by molar-refractivity contribution is -0.146. The molecule has 0 aromatic carbocycles. The SMILES string of the molecule is COC(=O)[C@H]1CC[C@H](Cc2cnnc(Cl)c2)CC1. The molecule has 1 saturated carbocycles. The molecule has 0 N–H and O–H groups in total. The average Bonchev–Trinajstić information content (AvgIpc) is 2.39. The van der Waals surface area contributed by atoms with E-state index in [-0.39, 0.29) is 11.9 Å². The number of carbonyl (C=O) groups excluding carboxylic acids is 1. The number of nitrogens with zero attached hydrogens (tertiary/aromatic N) is 2. The molecule has 2 rings (SSSR count). The predicted molar refractivity (Wildman–Crippen MR) is 68.2 cm³/mol. The first kappa shape index (κ1) is 13.3. The highest BCUT2D eigenvalue weighted by atomic mass is 35.5. The Labute approximate surface area is 112 Å². The molecular formula is C13H17ClN2O2. The van der Waals surface area contributed by atoms with Crippen LogP contribution >= 0.6 is 11.6 Å². The van der Waals surface area contributed by atoms with Crippen molar-refractivity contribution in [3.63, 3.8) is 0 Å². The number of hydrogen-bond acceptors (Lipinski definition) is 4. The molecule has 98 valence electrons. The van der Waals surface area contributed by atoms with E-state index in [4.69, 9.17) is 16.3 Å². The second kappa shape index (κ2) is 6.14. The fraction of sp³-hybridized carbons (Fsp3) is 0.615. The maximum atomic E-state index is 11.4. The van der Waals surface area contributed by atoms with E-state index in [0.717, 1.165) is 37.7 Å². The van der Waals surface area contributed by atoms with Gasteiger partial charge in [0.1, 0.15) is 0 Å². The fourth-order valence-electron chi connectivity index (χ4n) is 2.59. The zero-order valence-corrected chi connectivity index (χ0v) is 11.2. The number of rotatable bonds is 3. The molecule has 5 heteroatoms. The van der Waals surface area contributed by atoms with Crippen molar-refractivity contribution >= 4 is 17.6 Å². The summed E-state index contributed by atoms with van der Waals surface area (Å²) in [5.74, 6) is 0.624. The molecular weight excluding hydrogens is 252 g/mol. The van der Waals surface area contributed by atoms with Gasteiger partial charge in [0.2, 0.25) is 0 Å². The topological polar surface area (TPSA) is 52.1 Å². The summed E-state index contributed by atoms with van der Waals surface area (Å²) in [5, 5.41) is 8.02. The average molecular weight is 269 g/mol. The first-order valence-corrected chi connectivity index (χ1v) is 6.61. The molecule has 1 aliphatic carbocycles. The van der Waals surface area contributed by atoms with Crippen molar-refractivity contribution in [3.05, 3.63) is 23.0 Å². The highest BCUT2D eigenvalue weighted by molar-refractivity contribution is 6.29. The minimum absolute atomic E-state index is 0.0675. The van der Waals surface area contributed by atoms with Crippen molar-refractivity contribution in [2.45, 2.75) is 32.1 Å². The van der Waals surface area contributed by atoms with E-state index in [1.807, 2.05) is 6.07 Å². The van der Waals surface area contributed by atoms with E-state index >= 15 is 0 Å². The summed E-state index contributed by atoms with van der Waals surface area (Å²) < 4.78 is 4.78. The van der Waals surface area contributed by atoms with Crippen molar-refractivity contribution < 1.29 is 9.53 Å². The number of aromatic nitrogens is 2. The van der Waals surface area contributed by atoms with Gasteiger partial charge in [-0.1, -0.05) is 11.6 Å². The minimum atomic E-state index is -0.0675. The van der Waals surface area contributed by atoms with Gasteiger partial charge in [-0.2, -0.15) is 5.10 Å². The van der Waals surface area contributed by atoms with Crippen molar-refractivity contribution in [3.8, 4) is 0 Å². The molecule has 4 nitrogen and oxygen atoms in total. The van der Waals surface area contributed by atoms with Gasteiger partial charge >= 0.3 is 5.97 Å². The van der Waals surface area contributed by atoms with Gasteiger partial charge in [0, 0.05) is 0 Å². The molecule has 1 heterocycles. The molecule has 0 aliphatic heterocycles. The lowest BCUT2D eigenvalue weighted by Gasteiger charge is -2.26. The van der Waals surface area contributed by atoms with Crippen molar-refractivity contribution in [1.82, 2.24) is 10.2 Å².